The van der Waals surface area contributed by atoms with Crippen LogP contribution in [0.3, 0.4) is 0 Å². The number of carbonyl (C=O) groups excluding carboxylic acids is 1. The van der Waals surface area contributed by atoms with Crippen molar-refractivity contribution in [1.82, 2.24) is 10.5 Å². The zero-order valence-electron chi connectivity index (χ0n) is 14.8. The fourth-order valence-electron chi connectivity index (χ4n) is 3.68. The van der Waals surface area contributed by atoms with E-state index in [0.717, 1.165) is 11.6 Å². The van der Waals surface area contributed by atoms with Gasteiger partial charge in [0.2, 0.25) is 5.91 Å². The molecule has 0 saturated heterocycles. The summed E-state index contributed by atoms with van der Waals surface area (Å²) < 4.78 is 32.0. The molecule has 2 aromatic rings. The molecule has 1 aliphatic rings. The fourth-order valence-corrected chi connectivity index (χ4v) is 3.68. The summed E-state index contributed by atoms with van der Waals surface area (Å²) >= 11 is 0. The van der Waals surface area contributed by atoms with Crippen LogP contribution in [-0.2, 0) is 10.2 Å². The number of aromatic nitrogens is 1. The van der Waals surface area contributed by atoms with Gasteiger partial charge in [0.05, 0.1) is 11.1 Å². The van der Waals surface area contributed by atoms with Crippen molar-refractivity contribution in [2.45, 2.75) is 57.9 Å². The third-order valence-electron chi connectivity index (χ3n) is 5.10. The molecule has 0 atom stereocenters. The molecule has 1 aliphatic carbocycles. The highest BCUT2D eigenvalue weighted by molar-refractivity contribution is 5.88. The van der Waals surface area contributed by atoms with E-state index in [2.05, 4.69) is 10.5 Å². The number of nitrogens with one attached hydrogen (secondary N) is 1. The van der Waals surface area contributed by atoms with Crippen molar-refractivity contribution in [1.29, 1.82) is 0 Å². The van der Waals surface area contributed by atoms with Crippen molar-refractivity contribution >= 4 is 5.91 Å². The maximum Gasteiger partial charge on any atom is 0.230 e. The van der Waals surface area contributed by atoms with E-state index in [0.29, 0.717) is 29.9 Å². The van der Waals surface area contributed by atoms with E-state index in [4.69, 9.17) is 4.52 Å². The summed E-state index contributed by atoms with van der Waals surface area (Å²) in [7, 11) is 0. The van der Waals surface area contributed by atoms with Gasteiger partial charge in [-0.3, -0.25) is 4.79 Å². The molecule has 1 N–H and O–H groups in total. The summed E-state index contributed by atoms with van der Waals surface area (Å²) in [5.74, 6) is -0.562. The van der Waals surface area contributed by atoms with E-state index in [1.54, 1.807) is 6.92 Å². The minimum absolute atomic E-state index is 0.00748. The Morgan fingerprint density at radius 3 is 2.52 bits per heavy atom. The zero-order chi connectivity index (χ0) is 18.4. The van der Waals surface area contributed by atoms with Gasteiger partial charge < -0.3 is 9.84 Å². The van der Waals surface area contributed by atoms with E-state index in [1.165, 1.54) is 12.1 Å². The molecule has 1 fully saturated rings. The van der Waals surface area contributed by atoms with Gasteiger partial charge in [-0.25, -0.2) is 8.78 Å². The fraction of sp³-hybridized carbons (Fsp3) is 0.474. The average molecular weight is 348 g/mol. The normalized spacial score (nSPS) is 20.2. The van der Waals surface area contributed by atoms with Crippen LogP contribution in [0.5, 0.6) is 0 Å². The predicted octanol–water partition coefficient (Wildman–Crippen LogP) is 3.91. The topological polar surface area (TPSA) is 55.1 Å². The van der Waals surface area contributed by atoms with Crippen LogP contribution in [-0.4, -0.2) is 17.1 Å². The van der Waals surface area contributed by atoms with Crippen LogP contribution < -0.4 is 5.32 Å². The molecule has 0 radical (unpaired) electrons. The third-order valence-corrected chi connectivity index (χ3v) is 5.10. The van der Waals surface area contributed by atoms with Crippen LogP contribution in [0.1, 0.15) is 55.2 Å². The summed E-state index contributed by atoms with van der Waals surface area (Å²) in [6.45, 7) is 7.29. The van der Waals surface area contributed by atoms with Crippen LogP contribution in [0.2, 0.25) is 0 Å². The SMILES string of the molecule is Cc1noc(C)c1C(C)(C)C(=O)NC1CC(c2ccc(F)cc2F)C1. The molecule has 4 nitrogen and oxygen atoms in total. The van der Waals surface area contributed by atoms with Crippen LogP contribution in [0.4, 0.5) is 8.78 Å². The first kappa shape index (κ1) is 17.6. The molecule has 6 heteroatoms. The van der Waals surface area contributed by atoms with Gasteiger partial charge in [0, 0.05) is 17.7 Å². The lowest BCUT2D eigenvalue weighted by Crippen LogP contribution is -2.50. The molecule has 25 heavy (non-hydrogen) atoms. The Hall–Kier alpha value is -2.24. The van der Waals surface area contributed by atoms with Crippen molar-refractivity contribution < 1.29 is 18.1 Å². The number of amides is 1. The molecule has 1 amide bonds. The lowest BCUT2D eigenvalue weighted by atomic mass is 9.74. The van der Waals surface area contributed by atoms with Crippen molar-refractivity contribution in [3.05, 3.63) is 52.4 Å². The first-order valence-electron chi connectivity index (χ1n) is 8.39. The van der Waals surface area contributed by atoms with Crippen LogP contribution in [0.25, 0.3) is 0 Å². The number of carbonyl (C=O) groups is 1. The predicted molar refractivity (Wildman–Crippen MR) is 89.3 cm³/mol. The number of nitrogens with zero attached hydrogens (tertiary/aromatic N) is 1. The van der Waals surface area contributed by atoms with Crippen LogP contribution in [0.15, 0.2) is 22.7 Å². The number of halogens is 2. The smallest absolute Gasteiger partial charge is 0.230 e. The van der Waals surface area contributed by atoms with Crippen LogP contribution in [0, 0.1) is 25.5 Å². The Morgan fingerprint density at radius 2 is 1.96 bits per heavy atom. The highest BCUT2D eigenvalue weighted by Crippen LogP contribution is 2.39. The lowest BCUT2D eigenvalue weighted by molar-refractivity contribution is -0.127. The average Bonchev–Trinajstić information content (AvgIpc) is 2.82. The third kappa shape index (κ3) is 3.17. The molecule has 134 valence electrons. The largest absolute Gasteiger partial charge is 0.361 e. The molecular weight excluding hydrogens is 326 g/mol. The molecule has 1 aromatic carbocycles. The molecule has 0 spiro atoms. The molecule has 1 aromatic heterocycles. The summed E-state index contributed by atoms with van der Waals surface area (Å²) in [6.07, 6.45) is 1.29. The van der Waals surface area contributed by atoms with Crippen LogP contribution >= 0.6 is 0 Å². The molecule has 0 unspecified atom stereocenters. The Kier molecular flexibility index (Phi) is 4.39. The highest BCUT2D eigenvalue weighted by Gasteiger charge is 2.39. The van der Waals surface area contributed by atoms with Gasteiger partial charge in [-0.2, -0.15) is 0 Å². The first-order valence-corrected chi connectivity index (χ1v) is 8.39. The summed E-state index contributed by atoms with van der Waals surface area (Å²) in [6, 6.07) is 3.65. The molecule has 1 heterocycles. The van der Waals surface area contributed by atoms with Crippen molar-refractivity contribution in [2.75, 3.05) is 0 Å². The quantitative estimate of drug-likeness (QED) is 0.911. The molecule has 0 bridgehead atoms. The molecule has 3 rings (SSSR count). The molecule has 0 aliphatic heterocycles. The van der Waals surface area contributed by atoms with Gasteiger partial charge in [0.25, 0.3) is 0 Å². The maximum atomic E-state index is 13.8. The van der Waals surface area contributed by atoms with Gasteiger partial charge in [-0.15, -0.1) is 0 Å². The standard InChI is InChI=1S/C19H22F2N2O2/c1-10-17(11(2)25-23-10)19(3,4)18(24)22-14-7-12(8-14)15-6-5-13(20)9-16(15)21/h5-6,9,12,14H,7-8H2,1-4H3,(H,22,24). The second kappa shape index (κ2) is 6.24. The number of benzene rings is 1. The first-order chi connectivity index (χ1) is 11.7. The summed E-state index contributed by atoms with van der Waals surface area (Å²) in [4.78, 5) is 12.7. The van der Waals surface area contributed by atoms with Crippen molar-refractivity contribution in [3.63, 3.8) is 0 Å². The zero-order valence-corrected chi connectivity index (χ0v) is 14.8. The lowest BCUT2D eigenvalue weighted by Gasteiger charge is -2.38. The van der Waals surface area contributed by atoms with E-state index >= 15 is 0 Å². The van der Waals surface area contributed by atoms with Crippen molar-refractivity contribution in [2.24, 2.45) is 0 Å². The highest BCUT2D eigenvalue weighted by atomic mass is 19.1. The van der Waals surface area contributed by atoms with Gasteiger partial charge >= 0.3 is 0 Å². The van der Waals surface area contributed by atoms with E-state index in [-0.39, 0.29) is 17.9 Å². The Morgan fingerprint density at radius 1 is 1.28 bits per heavy atom. The van der Waals surface area contributed by atoms with E-state index in [1.807, 2.05) is 20.8 Å². The Labute approximate surface area is 145 Å². The minimum Gasteiger partial charge on any atom is -0.361 e. The van der Waals surface area contributed by atoms with Crippen molar-refractivity contribution in [3.8, 4) is 0 Å². The second-order valence-electron chi connectivity index (χ2n) is 7.33. The monoisotopic (exact) mass is 348 g/mol. The van der Waals surface area contributed by atoms with Gasteiger partial charge in [0.1, 0.15) is 17.4 Å². The van der Waals surface area contributed by atoms with E-state index in [9.17, 15) is 13.6 Å². The Balaban J connectivity index is 1.64. The number of hydrogen-bond donors (Lipinski definition) is 1. The van der Waals surface area contributed by atoms with Gasteiger partial charge in [0.15, 0.2) is 0 Å². The van der Waals surface area contributed by atoms with Gasteiger partial charge in [-0.1, -0.05) is 11.2 Å². The molecular formula is C19H22F2N2O2. The number of rotatable bonds is 4. The number of aryl methyl sites for hydroxylation is 2. The molecule has 1 saturated carbocycles. The Bertz CT molecular complexity index is 788. The van der Waals surface area contributed by atoms with E-state index < -0.39 is 17.0 Å². The number of hydrogen-bond acceptors (Lipinski definition) is 3. The van der Waals surface area contributed by atoms with Gasteiger partial charge in [-0.05, 0) is 58.1 Å². The summed E-state index contributed by atoms with van der Waals surface area (Å²) in [5.41, 5.74) is 1.25. The summed E-state index contributed by atoms with van der Waals surface area (Å²) in [5, 5.41) is 6.94. The second-order valence-corrected chi connectivity index (χ2v) is 7.33. The minimum atomic E-state index is -0.764. The maximum absolute atomic E-state index is 13.8.